The number of nitrogens with two attached hydrogens (primary N) is 1. The van der Waals surface area contributed by atoms with E-state index >= 15 is 0 Å². The molecule has 6 heteroatoms. The third kappa shape index (κ3) is 4.20. The Morgan fingerprint density at radius 3 is 2.60 bits per heavy atom. The molecule has 0 aliphatic heterocycles. The van der Waals surface area contributed by atoms with Crippen molar-refractivity contribution >= 4 is 20.6 Å². The maximum Gasteiger partial charge on any atom is 0.148 e. The lowest BCUT2D eigenvalue weighted by Crippen LogP contribution is -2.29. The van der Waals surface area contributed by atoms with Crippen LogP contribution in [-0.4, -0.2) is 42.2 Å². The van der Waals surface area contributed by atoms with E-state index in [2.05, 4.69) is 0 Å². The molecule has 0 spiro atoms. The smallest absolute Gasteiger partial charge is 0.148 e. The Bertz CT molecular complexity index is 326. The van der Waals surface area contributed by atoms with Crippen molar-refractivity contribution in [2.75, 3.05) is 24.3 Å². The van der Waals surface area contributed by atoms with Gasteiger partial charge in [0.1, 0.15) is 9.84 Å². The predicted molar refractivity (Wildman–Crippen MR) is 62.9 cm³/mol. The molecular weight excluding hydrogens is 234 g/mol. The summed E-state index contributed by atoms with van der Waals surface area (Å²) in [5, 5.41) is 0.122. The maximum atomic E-state index is 11.9. The highest BCUT2D eigenvalue weighted by atomic mass is 32.2. The van der Waals surface area contributed by atoms with Crippen LogP contribution in [0.4, 0.5) is 0 Å². The molecular formula is C9H19NO3S2. The van der Waals surface area contributed by atoms with Gasteiger partial charge in [-0.05, 0) is 25.3 Å². The van der Waals surface area contributed by atoms with Crippen LogP contribution in [0.2, 0.25) is 0 Å². The summed E-state index contributed by atoms with van der Waals surface area (Å²) in [5.74, 6) is 0.610. The molecule has 1 fully saturated rings. The molecule has 0 aromatic heterocycles. The normalized spacial score (nSPS) is 29.2. The van der Waals surface area contributed by atoms with Gasteiger partial charge < -0.3 is 5.73 Å². The van der Waals surface area contributed by atoms with Crippen molar-refractivity contribution in [2.45, 2.75) is 24.5 Å². The van der Waals surface area contributed by atoms with Crippen LogP contribution in [0.3, 0.4) is 0 Å². The molecule has 0 saturated heterocycles. The van der Waals surface area contributed by atoms with E-state index in [1.807, 2.05) is 0 Å². The van der Waals surface area contributed by atoms with Gasteiger partial charge in [0.2, 0.25) is 0 Å². The zero-order valence-corrected chi connectivity index (χ0v) is 10.6. The molecule has 2 N–H and O–H groups in total. The Hall–Kier alpha value is 0.0600. The van der Waals surface area contributed by atoms with Gasteiger partial charge in [-0.1, -0.05) is 6.42 Å². The molecule has 0 radical (unpaired) electrons. The second kappa shape index (κ2) is 5.41. The quantitative estimate of drug-likeness (QED) is 0.742. The molecule has 0 amide bonds. The van der Waals surface area contributed by atoms with Crippen molar-refractivity contribution in [1.82, 2.24) is 0 Å². The monoisotopic (exact) mass is 253 g/mol. The standard InChI is InChI=1S/C9H19NO3S2/c1-15(12,13)6-5-14(11)9-4-2-3-8(9)7-10/h8-9H,2-7,10H2,1H3. The summed E-state index contributed by atoms with van der Waals surface area (Å²) in [4.78, 5) is 0. The van der Waals surface area contributed by atoms with E-state index in [1.165, 1.54) is 6.26 Å². The minimum Gasteiger partial charge on any atom is -0.330 e. The second-order valence-electron chi connectivity index (χ2n) is 4.18. The Kier molecular flexibility index (Phi) is 4.73. The number of hydrogen-bond acceptors (Lipinski definition) is 4. The molecule has 1 rings (SSSR count). The van der Waals surface area contributed by atoms with Gasteiger partial charge >= 0.3 is 0 Å². The first-order valence-corrected chi connectivity index (χ1v) is 8.63. The molecule has 3 atom stereocenters. The number of sulfone groups is 1. The van der Waals surface area contributed by atoms with Crippen LogP contribution in [0.5, 0.6) is 0 Å². The Morgan fingerprint density at radius 2 is 2.07 bits per heavy atom. The van der Waals surface area contributed by atoms with Gasteiger partial charge in [0.25, 0.3) is 0 Å². The van der Waals surface area contributed by atoms with E-state index < -0.39 is 20.6 Å². The highest BCUT2D eigenvalue weighted by molar-refractivity contribution is 7.92. The fourth-order valence-corrected chi connectivity index (χ4v) is 5.28. The summed E-state index contributed by atoms with van der Waals surface area (Å²) < 4.78 is 33.7. The minimum absolute atomic E-state index is 0.0212. The molecule has 15 heavy (non-hydrogen) atoms. The molecule has 3 unspecified atom stereocenters. The molecule has 0 bridgehead atoms. The second-order valence-corrected chi connectivity index (χ2v) is 8.21. The van der Waals surface area contributed by atoms with Crippen LogP contribution in [0.15, 0.2) is 0 Å². The highest BCUT2D eigenvalue weighted by Gasteiger charge is 2.30. The average Bonchev–Trinajstić information content (AvgIpc) is 2.60. The van der Waals surface area contributed by atoms with Gasteiger partial charge in [0.05, 0.1) is 5.75 Å². The summed E-state index contributed by atoms with van der Waals surface area (Å²) in [6.07, 6.45) is 4.21. The fourth-order valence-electron chi connectivity index (χ4n) is 2.00. The summed E-state index contributed by atoms with van der Waals surface area (Å²) >= 11 is 0. The SMILES string of the molecule is CS(=O)(=O)CCS(=O)C1CCCC1CN. The van der Waals surface area contributed by atoms with E-state index in [-0.39, 0.29) is 16.8 Å². The van der Waals surface area contributed by atoms with Crippen LogP contribution < -0.4 is 5.73 Å². The Labute approximate surface area is 94.0 Å². The molecule has 1 saturated carbocycles. The van der Waals surface area contributed by atoms with Crippen molar-refractivity contribution in [3.63, 3.8) is 0 Å². The average molecular weight is 253 g/mol. The van der Waals surface area contributed by atoms with E-state index in [1.54, 1.807) is 0 Å². The Balaban J connectivity index is 2.46. The lowest BCUT2D eigenvalue weighted by molar-refractivity contribution is 0.557. The van der Waals surface area contributed by atoms with Crippen LogP contribution in [0.25, 0.3) is 0 Å². The highest BCUT2D eigenvalue weighted by Crippen LogP contribution is 2.29. The first kappa shape index (κ1) is 13.1. The van der Waals surface area contributed by atoms with Crippen LogP contribution in [0.1, 0.15) is 19.3 Å². The van der Waals surface area contributed by atoms with Crippen molar-refractivity contribution < 1.29 is 12.6 Å². The lowest BCUT2D eigenvalue weighted by atomic mass is 10.1. The summed E-state index contributed by atoms with van der Waals surface area (Å²) in [6, 6.07) is 0. The number of hydrogen-bond donors (Lipinski definition) is 1. The number of rotatable bonds is 5. The maximum absolute atomic E-state index is 11.9. The first-order valence-electron chi connectivity index (χ1n) is 5.19. The van der Waals surface area contributed by atoms with E-state index in [9.17, 15) is 12.6 Å². The molecule has 90 valence electrons. The summed E-state index contributed by atoms with van der Waals surface area (Å²) in [5.41, 5.74) is 5.59. The van der Waals surface area contributed by atoms with Gasteiger partial charge in [-0.3, -0.25) is 4.21 Å². The van der Waals surface area contributed by atoms with Crippen molar-refractivity contribution in [3.8, 4) is 0 Å². The van der Waals surface area contributed by atoms with Gasteiger partial charge in [0.15, 0.2) is 0 Å². The molecule has 0 heterocycles. The van der Waals surface area contributed by atoms with E-state index in [4.69, 9.17) is 5.73 Å². The summed E-state index contributed by atoms with van der Waals surface area (Å²) in [6.45, 7) is 0.565. The predicted octanol–water partition coefficient (Wildman–Crippen LogP) is -0.0929. The first-order chi connectivity index (χ1) is 6.94. The van der Waals surface area contributed by atoms with Gasteiger partial charge in [-0.2, -0.15) is 0 Å². The van der Waals surface area contributed by atoms with Gasteiger partial charge in [-0.25, -0.2) is 8.42 Å². The third-order valence-corrected chi connectivity index (χ3v) is 5.99. The molecule has 0 aromatic carbocycles. The molecule has 4 nitrogen and oxygen atoms in total. The van der Waals surface area contributed by atoms with Gasteiger partial charge in [-0.15, -0.1) is 0 Å². The van der Waals surface area contributed by atoms with Crippen LogP contribution >= 0.6 is 0 Å². The van der Waals surface area contributed by atoms with Crippen molar-refractivity contribution in [2.24, 2.45) is 11.7 Å². The summed E-state index contributed by atoms with van der Waals surface area (Å²) in [7, 11) is -4.03. The van der Waals surface area contributed by atoms with Gasteiger partial charge in [0, 0.05) is 28.1 Å². The third-order valence-electron chi connectivity index (χ3n) is 2.89. The Morgan fingerprint density at radius 1 is 1.40 bits per heavy atom. The van der Waals surface area contributed by atoms with Crippen molar-refractivity contribution in [1.29, 1.82) is 0 Å². The van der Waals surface area contributed by atoms with Crippen LogP contribution in [-0.2, 0) is 20.6 Å². The fraction of sp³-hybridized carbons (Fsp3) is 1.00. The minimum atomic E-state index is -3.00. The topological polar surface area (TPSA) is 77.2 Å². The van der Waals surface area contributed by atoms with Crippen LogP contribution in [0, 0.1) is 5.92 Å². The molecule has 0 aromatic rings. The molecule has 1 aliphatic rings. The lowest BCUT2D eigenvalue weighted by Gasteiger charge is -2.16. The van der Waals surface area contributed by atoms with E-state index in [0.29, 0.717) is 12.5 Å². The zero-order chi connectivity index (χ0) is 11.5. The molecule has 1 aliphatic carbocycles. The van der Waals surface area contributed by atoms with Crippen molar-refractivity contribution in [3.05, 3.63) is 0 Å². The zero-order valence-electron chi connectivity index (χ0n) is 9.02. The van der Waals surface area contributed by atoms with E-state index in [0.717, 1.165) is 19.3 Å². The largest absolute Gasteiger partial charge is 0.330 e.